The smallest absolute Gasteiger partial charge is 0.306 e. The minimum absolute atomic E-state index is 0.0619. The lowest BCUT2D eigenvalue weighted by Crippen LogP contribution is -2.06. The van der Waals surface area contributed by atoms with Gasteiger partial charge < -0.3 is 9.15 Å². The molecule has 0 amide bonds. The summed E-state index contributed by atoms with van der Waals surface area (Å²) in [5.74, 6) is 0.704. The Morgan fingerprint density at radius 3 is 2.70 bits per heavy atom. The number of ketones is 1. The molecule has 118 valence electrons. The van der Waals surface area contributed by atoms with Crippen LogP contribution in [0.3, 0.4) is 0 Å². The van der Waals surface area contributed by atoms with Crippen molar-refractivity contribution in [2.45, 2.75) is 33.3 Å². The quantitative estimate of drug-likeness (QED) is 0.603. The number of hydrogen-bond donors (Lipinski definition) is 0. The molecule has 0 bridgehead atoms. The maximum Gasteiger partial charge on any atom is 0.306 e. The van der Waals surface area contributed by atoms with Gasteiger partial charge in [0.1, 0.15) is 18.1 Å². The van der Waals surface area contributed by atoms with Crippen molar-refractivity contribution >= 4 is 11.8 Å². The van der Waals surface area contributed by atoms with E-state index >= 15 is 0 Å². The van der Waals surface area contributed by atoms with E-state index in [4.69, 9.17) is 14.4 Å². The summed E-state index contributed by atoms with van der Waals surface area (Å²) in [6.45, 7) is 3.26. The number of carbonyl (C=O) groups excluding carboxylic acids is 2. The largest absolute Gasteiger partial charge is 0.466 e. The van der Waals surface area contributed by atoms with Crippen LogP contribution in [0.15, 0.2) is 34.7 Å². The van der Waals surface area contributed by atoms with Crippen molar-refractivity contribution in [1.82, 2.24) is 0 Å². The number of rotatable bonds is 6. The molecular formula is C18H17NO4. The molecule has 0 saturated heterocycles. The molecule has 0 saturated carbocycles. The first-order valence-corrected chi connectivity index (χ1v) is 7.25. The summed E-state index contributed by atoms with van der Waals surface area (Å²) >= 11 is 0. The minimum atomic E-state index is -0.379. The monoisotopic (exact) mass is 311 g/mol. The van der Waals surface area contributed by atoms with Gasteiger partial charge in [-0.1, -0.05) is 18.2 Å². The number of benzene rings is 1. The highest BCUT2D eigenvalue weighted by Gasteiger charge is 2.13. The van der Waals surface area contributed by atoms with Crippen LogP contribution in [0.1, 0.15) is 46.3 Å². The van der Waals surface area contributed by atoms with E-state index in [0.717, 1.165) is 0 Å². The Bertz CT molecular complexity index is 768. The van der Waals surface area contributed by atoms with Gasteiger partial charge in [0, 0.05) is 12.0 Å². The molecule has 5 nitrogen and oxygen atoms in total. The predicted molar refractivity (Wildman–Crippen MR) is 82.7 cm³/mol. The first-order chi connectivity index (χ1) is 11.0. The van der Waals surface area contributed by atoms with Crippen molar-refractivity contribution in [1.29, 1.82) is 5.26 Å². The maximum absolute atomic E-state index is 11.8. The Hall–Kier alpha value is -2.87. The summed E-state index contributed by atoms with van der Waals surface area (Å²) < 4.78 is 10.6. The second kappa shape index (κ2) is 7.41. The maximum atomic E-state index is 11.8. The van der Waals surface area contributed by atoms with E-state index in [9.17, 15) is 9.59 Å². The molecule has 0 atom stereocenters. The molecule has 0 N–H and O–H groups in total. The summed E-state index contributed by atoms with van der Waals surface area (Å²) in [7, 11) is 0. The standard InChI is InChI=1S/C18H17NO4/c1-12(20)17-9-16(23-13(17)2)7-8-18(21)22-11-15-6-4-3-5-14(15)10-19/h3-6,9H,7-8,11H2,1-2H3. The van der Waals surface area contributed by atoms with Crippen molar-refractivity contribution in [2.75, 3.05) is 0 Å². The fraction of sp³-hybridized carbons (Fsp3) is 0.278. The van der Waals surface area contributed by atoms with E-state index in [-0.39, 0.29) is 24.8 Å². The van der Waals surface area contributed by atoms with E-state index in [2.05, 4.69) is 6.07 Å². The summed E-state index contributed by atoms with van der Waals surface area (Å²) in [5.41, 5.74) is 1.71. The highest BCUT2D eigenvalue weighted by atomic mass is 16.5. The van der Waals surface area contributed by atoms with Crippen LogP contribution in [0, 0.1) is 18.3 Å². The van der Waals surface area contributed by atoms with Crippen LogP contribution in [-0.2, 0) is 22.6 Å². The second-order valence-electron chi connectivity index (χ2n) is 5.17. The highest BCUT2D eigenvalue weighted by Crippen LogP contribution is 2.17. The summed E-state index contributed by atoms with van der Waals surface area (Å²) in [6, 6.07) is 10.7. The number of nitrogens with zero attached hydrogens (tertiary/aromatic N) is 1. The number of nitriles is 1. The highest BCUT2D eigenvalue weighted by molar-refractivity contribution is 5.95. The zero-order valence-electron chi connectivity index (χ0n) is 13.1. The van der Waals surface area contributed by atoms with Crippen LogP contribution in [0.5, 0.6) is 0 Å². The Morgan fingerprint density at radius 2 is 2.04 bits per heavy atom. The molecule has 5 heteroatoms. The van der Waals surface area contributed by atoms with Gasteiger partial charge >= 0.3 is 5.97 Å². The van der Waals surface area contributed by atoms with Crippen LogP contribution in [0.2, 0.25) is 0 Å². The number of carbonyl (C=O) groups is 2. The zero-order valence-corrected chi connectivity index (χ0v) is 13.1. The van der Waals surface area contributed by atoms with Crippen LogP contribution in [-0.4, -0.2) is 11.8 Å². The van der Waals surface area contributed by atoms with E-state index < -0.39 is 0 Å². The van der Waals surface area contributed by atoms with Gasteiger partial charge in [0.05, 0.1) is 23.6 Å². The van der Waals surface area contributed by atoms with Gasteiger partial charge in [0.15, 0.2) is 5.78 Å². The third kappa shape index (κ3) is 4.30. The molecule has 1 heterocycles. The first kappa shape index (κ1) is 16.5. The average molecular weight is 311 g/mol. The molecule has 0 fully saturated rings. The molecule has 0 spiro atoms. The lowest BCUT2D eigenvalue weighted by molar-refractivity contribution is -0.145. The molecule has 0 aliphatic heterocycles. The lowest BCUT2D eigenvalue weighted by Gasteiger charge is -2.05. The molecule has 0 unspecified atom stereocenters. The number of furan rings is 1. The van der Waals surface area contributed by atoms with Crippen LogP contribution >= 0.6 is 0 Å². The number of aryl methyl sites for hydroxylation is 2. The number of ether oxygens (including phenoxy) is 1. The van der Waals surface area contributed by atoms with E-state index in [0.29, 0.717) is 34.6 Å². The molecule has 0 aliphatic rings. The Labute approximate surface area is 134 Å². The van der Waals surface area contributed by atoms with Crippen molar-refractivity contribution < 1.29 is 18.7 Å². The molecule has 2 aromatic rings. The van der Waals surface area contributed by atoms with Gasteiger partial charge in [-0.25, -0.2) is 0 Å². The molecule has 23 heavy (non-hydrogen) atoms. The minimum Gasteiger partial charge on any atom is -0.466 e. The normalized spacial score (nSPS) is 10.1. The summed E-state index contributed by atoms with van der Waals surface area (Å²) in [4.78, 5) is 23.2. The fourth-order valence-corrected chi connectivity index (χ4v) is 2.23. The topological polar surface area (TPSA) is 80.3 Å². The van der Waals surface area contributed by atoms with Crippen LogP contribution in [0.25, 0.3) is 0 Å². The van der Waals surface area contributed by atoms with Crippen LogP contribution < -0.4 is 0 Å². The molecule has 0 radical (unpaired) electrons. The van der Waals surface area contributed by atoms with Gasteiger partial charge in [0.25, 0.3) is 0 Å². The third-order valence-corrected chi connectivity index (χ3v) is 3.45. The van der Waals surface area contributed by atoms with E-state index in [1.165, 1.54) is 6.92 Å². The molecule has 0 aliphatic carbocycles. The summed E-state index contributed by atoms with van der Waals surface area (Å²) in [6.07, 6.45) is 0.520. The Morgan fingerprint density at radius 1 is 1.30 bits per heavy atom. The number of esters is 1. The van der Waals surface area contributed by atoms with Gasteiger partial charge in [-0.15, -0.1) is 0 Å². The predicted octanol–water partition coefficient (Wildman–Crippen LogP) is 3.34. The zero-order chi connectivity index (χ0) is 16.8. The van der Waals surface area contributed by atoms with Gasteiger partial charge in [-0.3, -0.25) is 9.59 Å². The Kier molecular flexibility index (Phi) is 5.32. The van der Waals surface area contributed by atoms with Gasteiger partial charge in [-0.2, -0.15) is 5.26 Å². The molecule has 2 rings (SSSR count). The van der Waals surface area contributed by atoms with Gasteiger partial charge in [-0.05, 0) is 26.0 Å². The average Bonchev–Trinajstić information content (AvgIpc) is 2.92. The van der Waals surface area contributed by atoms with Crippen molar-refractivity contribution in [3.8, 4) is 6.07 Å². The lowest BCUT2D eigenvalue weighted by atomic mass is 10.1. The van der Waals surface area contributed by atoms with E-state index in [1.54, 1.807) is 37.3 Å². The number of hydrogen-bond acceptors (Lipinski definition) is 5. The van der Waals surface area contributed by atoms with E-state index in [1.807, 2.05) is 0 Å². The SMILES string of the molecule is CC(=O)c1cc(CCC(=O)OCc2ccccc2C#N)oc1C. The number of Topliss-reactive ketones (excluding diaryl/α,β-unsaturated/α-hetero) is 1. The molecular weight excluding hydrogens is 294 g/mol. The summed E-state index contributed by atoms with van der Waals surface area (Å²) in [5, 5.41) is 8.98. The Balaban J connectivity index is 1.87. The van der Waals surface area contributed by atoms with Crippen molar-refractivity contribution in [2.24, 2.45) is 0 Å². The second-order valence-corrected chi connectivity index (χ2v) is 5.17. The first-order valence-electron chi connectivity index (χ1n) is 7.25. The van der Waals surface area contributed by atoms with Crippen molar-refractivity contribution in [3.63, 3.8) is 0 Å². The van der Waals surface area contributed by atoms with Crippen LogP contribution in [0.4, 0.5) is 0 Å². The van der Waals surface area contributed by atoms with Gasteiger partial charge in [0.2, 0.25) is 0 Å². The van der Waals surface area contributed by atoms with Crippen molar-refractivity contribution in [3.05, 3.63) is 58.5 Å². The molecule has 1 aromatic carbocycles. The fourth-order valence-electron chi connectivity index (χ4n) is 2.23. The molecule has 1 aromatic heterocycles. The third-order valence-electron chi connectivity index (χ3n) is 3.45.